The van der Waals surface area contributed by atoms with Crippen LogP contribution in [0.3, 0.4) is 0 Å². The van der Waals surface area contributed by atoms with Gasteiger partial charge in [0.25, 0.3) is 5.91 Å². The first-order chi connectivity index (χ1) is 12.6. The summed E-state index contributed by atoms with van der Waals surface area (Å²) in [6.07, 6.45) is 0. The van der Waals surface area contributed by atoms with Gasteiger partial charge in [-0.2, -0.15) is 13.2 Å². The summed E-state index contributed by atoms with van der Waals surface area (Å²) in [6, 6.07) is 6.77. The zero-order valence-corrected chi connectivity index (χ0v) is 16.5. The van der Waals surface area contributed by atoms with Gasteiger partial charge in [-0.15, -0.1) is 11.3 Å². The normalized spacial score (nSPS) is 11.5. The lowest BCUT2D eigenvalue weighted by molar-refractivity contribution is -0.0328. The molecule has 1 aromatic carbocycles. The van der Waals surface area contributed by atoms with Crippen molar-refractivity contribution in [2.45, 2.75) is 37.1 Å². The Labute approximate surface area is 163 Å². The average molecular weight is 417 g/mol. The Kier molecular flexibility index (Phi) is 6.94. The number of ether oxygens (including phenoxy) is 1. The molecule has 1 aromatic heterocycles. The molecule has 0 aliphatic carbocycles. The van der Waals surface area contributed by atoms with Crippen LogP contribution in [0.5, 0.6) is 0 Å². The third-order valence-corrected chi connectivity index (χ3v) is 5.48. The monoisotopic (exact) mass is 417 g/mol. The molecular weight excluding hydrogens is 399 g/mol. The maximum absolute atomic E-state index is 12.4. The Morgan fingerprint density at radius 3 is 2.37 bits per heavy atom. The van der Waals surface area contributed by atoms with Crippen molar-refractivity contribution < 1.29 is 27.5 Å². The van der Waals surface area contributed by atoms with Crippen LogP contribution in [0.2, 0.25) is 0 Å². The van der Waals surface area contributed by atoms with Crippen molar-refractivity contribution in [1.29, 1.82) is 0 Å². The van der Waals surface area contributed by atoms with E-state index in [1.807, 2.05) is 13.8 Å². The number of anilines is 1. The minimum Gasteiger partial charge on any atom is -0.462 e. The first kappa shape index (κ1) is 21.3. The molecular formula is C18H18F3NO3S2. The van der Waals surface area contributed by atoms with Crippen LogP contribution < -0.4 is 5.32 Å². The highest BCUT2D eigenvalue weighted by Gasteiger charge is 2.29. The molecule has 0 atom stereocenters. The van der Waals surface area contributed by atoms with E-state index in [9.17, 15) is 22.8 Å². The number of rotatable bonds is 6. The van der Waals surface area contributed by atoms with Crippen LogP contribution in [0, 0.1) is 0 Å². The standard InChI is InChI=1S/C18H18F3NO3S2/c1-4-25-17(24)13-9-14(10(2)3)26-16(13)22-15(23)11-5-7-12(8-6-11)27-18(19,20)21/h5-10H,4H2,1-3H3,(H,22,23). The lowest BCUT2D eigenvalue weighted by Gasteiger charge is -2.08. The topological polar surface area (TPSA) is 55.4 Å². The highest BCUT2D eigenvalue weighted by Crippen LogP contribution is 2.37. The maximum Gasteiger partial charge on any atom is 0.446 e. The van der Waals surface area contributed by atoms with Crippen LogP contribution in [0.1, 0.15) is 52.3 Å². The third-order valence-electron chi connectivity index (χ3n) is 3.39. The van der Waals surface area contributed by atoms with Gasteiger partial charge in [-0.3, -0.25) is 4.79 Å². The molecule has 1 heterocycles. The Morgan fingerprint density at radius 1 is 1.22 bits per heavy atom. The van der Waals surface area contributed by atoms with Gasteiger partial charge in [0, 0.05) is 15.3 Å². The summed E-state index contributed by atoms with van der Waals surface area (Å²) >= 11 is 1.02. The number of hydrogen-bond acceptors (Lipinski definition) is 5. The van der Waals surface area contributed by atoms with Crippen LogP contribution in [0.15, 0.2) is 35.2 Å². The molecule has 2 rings (SSSR count). The highest BCUT2D eigenvalue weighted by atomic mass is 32.2. The maximum atomic E-state index is 12.4. The molecule has 0 saturated carbocycles. The number of carbonyl (C=O) groups excluding carboxylic acids is 2. The second-order valence-electron chi connectivity index (χ2n) is 5.79. The van der Waals surface area contributed by atoms with Crippen molar-refractivity contribution in [3.63, 3.8) is 0 Å². The Balaban J connectivity index is 2.20. The van der Waals surface area contributed by atoms with Crippen LogP contribution in [0.25, 0.3) is 0 Å². The molecule has 1 N–H and O–H groups in total. The van der Waals surface area contributed by atoms with Crippen LogP contribution in [0.4, 0.5) is 18.2 Å². The number of esters is 1. The first-order valence-corrected chi connectivity index (χ1v) is 9.72. The van der Waals surface area contributed by atoms with Crippen molar-refractivity contribution in [2.75, 3.05) is 11.9 Å². The van der Waals surface area contributed by atoms with Crippen molar-refractivity contribution in [2.24, 2.45) is 0 Å². The number of carbonyl (C=O) groups is 2. The highest BCUT2D eigenvalue weighted by molar-refractivity contribution is 8.00. The summed E-state index contributed by atoms with van der Waals surface area (Å²) in [5.41, 5.74) is -3.93. The molecule has 0 aliphatic heterocycles. The fourth-order valence-corrected chi connectivity index (χ4v) is 3.71. The quantitative estimate of drug-likeness (QED) is 0.469. The van der Waals surface area contributed by atoms with Gasteiger partial charge in [0.1, 0.15) is 5.00 Å². The smallest absolute Gasteiger partial charge is 0.446 e. The van der Waals surface area contributed by atoms with E-state index in [0.29, 0.717) is 5.00 Å². The molecule has 0 spiro atoms. The second kappa shape index (κ2) is 8.79. The number of benzene rings is 1. The van der Waals surface area contributed by atoms with Gasteiger partial charge in [-0.05, 0) is 54.9 Å². The summed E-state index contributed by atoms with van der Waals surface area (Å²) in [5, 5.41) is 3.02. The summed E-state index contributed by atoms with van der Waals surface area (Å²) in [7, 11) is 0. The van der Waals surface area contributed by atoms with E-state index >= 15 is 0 Å². The molecule has 2 aromatic rings. The second-order valence-corrected chi connectivity index (χ2v) is 8.02. The summed E-state index contributed by atoms with van der Waals surface area (Å²) in [5.74, 6) is -0.887. The fourth-order valence-electron chi connectivity index (χ4n) is 2.13. The number of nitrogens with one attached hydrogen (secondary N) is 1. The molecule has 0 bridgehead atoms. The number of hydrogen-bond donors (Lipinski definition) is 1. The summed E-state index contributed by atoms with van der Waals surface area (Å²) in [4.78, 5) is 25.5. The van der Waals surface area contributed by atoms with Crippen molar-refractivity contribution in [3.8, 4) is 0 Å². The van der Waals surface area contributed by atoms with Gasteiger partial charge in [0.2, 0.25) is 0 Å². The minimum absolute atomic E-state index is 0.00974. The van der Waals surface area contributed by atoms with Gasteiger partial charge in [0.05, 0.1) is 12.2 Å². The Bertz CT molecular complexity index is 814. The van der Waals surface area contributed by atoms with E-state index in [4.69, 9.17) is 4.74 Å². The molecule has 1 amide bonds. The summed E-state index contributed by atoms with van der Waals surface area (Å²) < 4.78 is 42.2. The molecule has 0 unspecified atom stereocenters. The van der Waals surface area contributed by atoms with Gasteiger partial charge in [-0.1, -0.05) is 13.8 Å². The SMILES string of the molecule is CCOC(=O)c1cc(C(C)C)sc1NC(=O)c1ccc(SC(F)(F)F)cc1. The zero-order valence-electron chi connectivity index (χ0n) is 14.8. The Morgan fingerprint density at radius 2 is 1.85 bits per heavy atom. The molecule has 9 heteroatoms. The largest absolute Gasteiger partial charge is 0.462 e. The van der Waals surface area contributed by atoms with Crippen LogP contribution in [-0.2, 0) is 4.74 Å². The predicted molar refractivity (Wildman–Crippen MR) is 101 cm³/mol. The molecule has 27 heavy (non-hydrogen) atoms. The van der Waals surface area contributed by atoms with Crippen molar-refractivity contribution in [1.82, 2.24) is 0 Å². The van der Waals surface area contributed by atoms with E-state index in [1.165, 1.54) is 35.6 Å². The molecule has 0 aliphatic rings. The molecule has 146 valence electrons. The fraction of sp³-hybridized carbons (Fsp3) is 0.333. The number of alkyl halides is 3. The van der Waals surface area contributed by atoms with E-state index in [-0.39, 0.29) is 40.3 Å². The zero-order chi connectivity index (χ0) is 20.2. The lowest BCUT2D eigenvalue weighted by atomic mass is 10.1. The average Bonchev–Trinajstić information content (AvgIpc) is 2.98. The lowest BCUT2D eigenvalue weighted by Crippen LogP contribution is -2.14. The minimum atomic E-state index is -4.39. The number of thioether (sulfide) groups is 1. The van der Waals surface area contributed by atoms with Gasteiger partial charge in [0.15, 0.2) is 0 Å². The van der Waals surface area contributed by atoms with Crippen molar-refractivity contribution >= 4 is 40.0 Å². The number of thiophene rings is 1. The van der Waals surface area contributed by atoms with Crippen molar-refractivity contribution in [3.05, 3.63) is 46.3 Å². The summed E-state index contributed by atoms with van der Waals surface area (Å²) in [6.45, 7) is 5.82. The molecule has 4 nitrogen and oxygen atoms in total. The van der Waals surface area contributed by atoms with E-state index in [2.05, 4.69) is 5.32 Å². The van der Waals surface area contributed by atoms with Gasteiger partial charge >= 0.3 is 11.5 Å². The number of halogens is 3. The van der Waals surface area contributed by atoms with Crippen LogP contribution in [-0.4, -0.2) is 24.0 Å². The first-order valence-electron chi connectivity index (χ1n) is 8.08. The van der Waals surface area contributed by atoms with Gasteiger partial charge < -0.3 is 10.1 Å². The number of amides is 1. The van der Waals surface area contributed by atoms with E-state index in [1.54, 1.807) is 13.0 Å². The Hall–Kier alpha value is -2.00. The molecule has 0 radical (unpaired) electrons. The van der Waals surface area contributed by atoms with Gasteiger partial charge in [-0.25, -0.2) is 4.79 Å². The predicted octanol–water partition coefficient (Wildman–Crippen LogP) is 5.91. The molecule has 0 fully saturated rings. The van der Waals surface area contributed by atoms with E-state index in [0.717, 1.165) is 4.88 Å². The third kappa shape index (κ3) is 6.00. The van der Waals surface area contributed by atoms with Crippen LogP contribution >= 0.6 is 23.1 Å². The molecule has 0 saturated heterocycles. The van der Waals surface area contributed by atoms with E-state index < -0.39 is 17.4 Å².